The Morgan fingerprint density at radius 3 is 2.67 bits per heavy atom. The van der Waals surface area contributed by atoms with Gasteiger partial charge in [0, 0.05) is 19.0 Å². The van der Waals surface area contributed by atoms with Crippen LogP contribution in [0.1, 0.15) is 68.1 Å². The van der Waals surface area contributed by atoms with E-state index in [1.807, 2.05) is 24.3 Å². The maximum absolute atomic E-state index is 13.3. The number of benzene rings is 1. The summed E-state index contributed by atoms with van der Waals surface area (Å²) in [6.07, 6.45) is 5.94. The molecule has 0 unspecified atom stereocenters. The highest BCUT2D eigenvalue weighted by Gasteiger charge is 2.41. The van der Waals surface area contributed by atoms with Crippen molar-refractivity contribution in [2.24, 2.45) is 0 Å². The third-order valence-electron chi connectivity index (χ3n) is 5.59. The molecule has 7 heteroatoms. The summed E-state index contributed by atoms with van der Waals surface area (Å²) >= 11 is 0. The predicted octanol–water partition coefficient (Wildman–Crippen LogP) is 3.17. The molecule has 1 aromatic heterocycles. The van der Waals surface area contributed by atoms with Crippen molar-refractivity contribution in [1.29, 1.82) is 0 Å². The number of para-hydroxylation sites is 1. The molecule has 1 fully saturated rings. The number of aryl methyl sites for hydroxylation is 1. The van der Waals surface area contributed by atoms with Gasteiger partial charge in [-0.2, -0.15) is 4.98 Å². The second-order valence-electron chi connectivity index (χ2n) is 7.51. The van der Waals surface area contributed by atoms with Gasteiger partial charge in [-0.1, -0.05) is 49.0 Å². The molecule has 1 aliphatic carbocycles. The third kappa shape index (κ3) is 3.46. The minimum Gasteiger partial charge on any atom is -0.343 e. The van der Waals surface area contributed by atoms with Crippen LogP contribution in [-0.2, 0) is 15.1 Å². The van der Waals surface area contributed by atoms with Crippen LogP contribution in [0.15, 0.2) is 28.8 Å². The molecule has 2 aromatic rings. The van der Waals surface area contributed by atoms with Gasteiger partial charge < -0.3 is 15.2 Å². The van der Waals surface area contributed by atoms with E-state index >= 15 is 0 Å². The van der Waals surface area contributed by atoms with E-state index in [1.165, 1.54) is 0 Å². The minimum absolute atomic E-state index is 0.140. The van der Waals surface area contributed by atoms with E-state index in [2.05, 4.69) is 20.8 Å². The summed E-state index contributed by atoms with van der Waals surface area (Å²) < 4.78 is 5.21. The van der Waals surface area contributed by atoms with Gasteiger partial charge in [0.1, 0.15) is 5.54 Å². The van der Waals surface area contributed by atoms with Gasteiger partial charge in [0.25, 0.3) is 0 Å². The van der Waals surface area contributed by atoms with Crippen LogP contribution in [0, 0.1) is 6.92 Å². The Bertz CT molecular complexity index is 852. The molecule has 1 saturated carbocycles. The predicted molar refractivity (Wildman–Crippen MR) is 99.0 cm³/mol. The lowest BCUT2D eigenvalue weighted by atomic mass is 9.85. The van der Waals surface area contributed by atoms with E-state index in [-0.39, 0.29) is 18.2 Å². The lowest BCUT2D eigenvalue weighted by Crippen LogP contribution is -2.49. The van der Waals surface area contributed by atoms with Gasteiger partial charge in [-0.25, -0.2) is 0 Å². The Kier molecular flexibility index (Phi) is 4.68. The molecule has 1 atom stereocenters. The second kappa shape index (κ2) is 7.13. The quantitative estimate of drug-likeness (QED) is 0.811. The van der Waals surface area contributed by atoms with Gasteiger partial charge in [0.2, 0.25) is 17.7 Å². The van der Waals surface area contributed by atoms with Gasteiger partial charge in [-0.05, 0) is 24.5 Å². The standard InChI is InChI=1S/C20H24N4O3/c1-13-21-19(24-27-13)20(10-6-2-3-7-11-20)23-18(26)15-12-17(25)22-16-9-5-4-8-14(15)16/h4-5,8-9,15H,2-3,6-7,10-12H2,1H3,(H,22,25)(H,23,26)/t15-/m1/s1. The number of carbonyl (C=O) groups is 2. The summed E-state index contributed by atoms with van der Waals surface area (Å²) in [5.74, 6) is 0.234. The van der Waals surface area contributed by atoms with E-state index in [0.717, 1.165) is 44.1 Å². The highest BCUT2D eigenvalue weighted by Crippen LogP contribution is 2.37. The number of carbonyl (C=O) groups excluding carboxylic acids is 2. The fraction of sp³-hybridized carbons (Fsp3) is 0.500. The number of nitrogens with zero attached hydrogens (tertiary/aromatic N) is 2. The number of hydrogen-bond donors (Lipinski definition) is 2. The molecule has 0 radical (unpaired) electrons. The first-order valence-electron chi connectivity index (χ1n) is 9.59. The van der Waals surface area contributed by atoms with Crippen molar-refractivity contribution in [1.82, 2.24) is 15.5 Å². The molecular formula is C20H24N4O3. The van der Waals surface area contributed by atoms with Crippen molar-refractivity contribution < 1.29 is 14.1 Å². The first-order valence-corrected chi connectivity index (χ1v) is 9.59. The number of fused-ring (bicyclic) bond motifs is 1. The molecular weight excluding hydrogens is 344 g/mol. The number of nitrogens with one attached hydrogen (secondary N) is 2. The Labute approximate surface area is 157 Å². The normalized spacial score (nSPS) is 21.7. The molecule has 2 amide bonds. The topological polar surface area (TPSA) is 97.1 Å². The van der Waals surface area contributed by atoms with Crippen molar-refractivity contribution in [2.45, 2.75) is 63.3 Å². The molecule has 4 rings (SSSR count). The summed E-state index contributed by atoms with van der Waals surface area (Å²) in [6, 6.07) is 7.47. The first-order chi connectivity index (χ1) is 13.1. The molecule has 142 valence electrons. The Morgan fingerprint density at radius 2 is 1.96 bits per heavy atom. The number of amides is 2. The van der Waals surface area contributed by atoms with Gasteiger partial charge in [0.05, 0.1) is 5.92 Å². The number of hydrogen-bond acceptors (Lipinski definition) is 5. The number of anilines is 1. The maximum Gasteiger partial charge on any atom is 0.228 e. The summed E-state index contributed by atoms with van der Waals surface area (Å²) in [7, 11) is 0. The van der Waals surface area contributed by atoms with Crippen molar-refractivity contribution in [3.8, 4) is 0 Å². The van der Waals surface area contributed by atoms with Gasteiger partial charge in [-0.15, -0.1) is 0 Å². The van der Waals surface area contributed by atoms with E-state index in [1.54, 1.807) is 6.92 Å². The van der Waals surface area contributed by atoms with Crippen molar-refractivity contribution in [3.05, 3.63) is 41.5 Å². The van der Waals surface area contributed by atoms with Crippen LogP contribution >= 0.6 is 0 Å². The van der Waals surface area contributed by atoms with Crippen LogP contribution in [0.25, 0.3) is 0 Å². The Hall–Kier alpha value is -2.70. The van der Waals surface area contributed by atoms with E-state index < -0.39 is 11.5 Å². The summed E-state index contributed by atoms with van der Waals surface area (Å²) in [5.41, 5.74) is 0.927. The van der Waals surface area contributed by atoms with Crippen LogP contribution in [0.3, 0.4) is 0 Å². The lowest BCUT2D eigenvalue weighted by Gasteiger charge is -2.33. The van der Waals surface area contributed by atoms with Gasteiger partial charge >= 0.3 is 0 Å². The average molecular weight is 368 g/mol. The van der Waals surface area contributed by atoms with Crippen molar-refractivity contribution in [3.63, 3.8) is 0 Å². The van der Waals surface area contributed by atoms with Crippen LogP contribution in [0.5, 0.6) is 0 Å². The molecule has 2 aliphatic rings. The molecule has 2 N–H and O–H groups in total. The zero-order chi connectivity index (χ0) is 18.9. The third-order valence-corrected chi connectivity index (χ3v) is 5.59. The minimum atomic E-state index is -0.631. The molecule has 7 nitrogen and oxygen atoms in total. The molecule has 27 heavy (non-hydrogen) atoms. The molecule has 1 aliphatic heterocycles. The van der Waals surface area contributed by atoms with E-state index in [0.29, 0.717) is 17.4 Å². The fourth-order valence-corrected chi connectivity index (χ4v) is 4.20. The summed E-state index contributed by atoms with van der Waals surface area (Å²) in [6.45, 7) is 1.75. The average Bonchev–Trinajstić information content (AvgIpc) is 2.96. The van der Waals surface area contributed by atoms with Crippen molar-refractivity contribution in [2.75, 3.05) is 5.32 Å². The summed E-state index contributed by atoms with van der Waals surface area (Å²) in [5, 5.41) is 10.2. The molecule has 1 aromatic carbocycles. The fourth-order valence-electron chi connectivity index (χ4n) is 4.20. The highest BCUT2D eigenvalue weighted by molar-refractivity contribution is 6.01. The van der Waals surface area contributed by atoms with Gasteiger partial charge in [0.15, 0.2) is 5.82 Å². The number of aromatic nitrogens is 2. The Morgan fingerprint density at radius 1 is 1.22 bits per heavy atom. The molecule has 0 bridgehead atoms. The Balaban J connectivity index is 1.65. The smallest absolute Gasteiger partial charge is 0.228 e. The van der Waals surface area contributed by atoms with E-state index in [4.69, 9.17) is 4.52 Å². The van der Waals surface area contributed by atoms with Crippen LogP contribution in [0.4, 0.5) is 5.69 Å². The zero-order valence-corrected chi connectivity index (χ0v) is 15.5. The largest absolute Gasteiger partial charge is 0.343 e. The lowest BCUT2D eigenvalue weighted by molar-refractivity contribution is -0.128. The number of rotatable bonds is 3. The van der Waals surface area contributed by atoms with Crippen LogP contribution < -0.4 is 10.6 Å². The first kappa shape index (κ1) is 17.7. The molecule has 2 heterocycles. The van der Waals surface area contributed by atoms with Gasteiger partial charge in [-0.3, -0.25) is 9.59 Å². The van der Waals surface area contributed by atoms with Crippen LogP contribution in [-0.4, -0.2) is 22.0 Å². The summed E-state index contributed by atoms with van der Waals surface area (Å²) in [4.78, 5) is 29.8. The SMILES string of the molecule is Cc1nc(C2(NC(=O)[C@@H]3CC(=O)Nc4ccccc43)CCCCCC2)no1. The van der Waals surface area contributed by atoms with E-state index in [9.17, 15) is 9.59 Å². The molecule has 0 spiro atoms. The zero-order valence-electron chi connectivity index (χ0n) is 15.5. The molecule has 0 saturated heterocycles. The van der Waals surface area contributed by atoms with Crippen molar-refractivity contribution >= 4 is 17.5 Å². The highest BCUT2D eigenvalue weighted by atomic mass is 16.5. The second-order valence-corrected chi connectivity index (χ2v) is 7.51. The van der Waals surface area contributed by atoms with Crippen LogP contribution in [0.2, 0.25) is 0 Å². The maximum atomic E-state index is 13.3. The monoisotopic (exact) mass is 368 g/mol.